The average Bonchev–Trinajstić information content (AvgIpc) is 2.65. The van der Waals surface area contributed by atoms with Crippen molar-refractivity contribution in [1.29, 1.82) is 0 Å². The van der Waals surface area contributed by atoms with Crippen molar-refractivity contribution in [3.05, 3.63) is 36.0 Å². The van der Waals surface area contributed by atoms with Gasteiger partial charge in [0, 0.05) is 6.04 Å². The molecular formula is C22H35F2N. The van der Waals surface area contributed by atoms with Gasteiger partial charge in [-0.3, -0.25) is 0 Å². The summed E-state index contributed by atoms with van der Waals surface area (Å²) >= 11 is 0. The molecule has 3 heteroatoms. The van der Waals surface area contributed by atoms with E-state index in [2.05, 4.69) is 0 Å². The van der Waals surface area contributed by atoms with Gasteiger partial charge in [-0.2, -0.15) is 0 Å². The lowest BCUT2D eigenvalue weighted by Gasteiger charge is -2.37. The van der Waals surface area contributed by atoms with E-state index in [9.17, 15) is 8.78 Å². The zero-order valence-corrected chi connectivity index (χ0v) is 15.7. The molecule has 0 saturated heterocycles. The van der Waals surface area contributed by atoms with Gasteiger partial charge in [0.05, 0.1) is 0 Å². The van der Waals surface area contributed by atoms with Crippen molar-refractivity contribution in [3.8, 4) is 0 Å². The fraction of sp³-hybridized carbons (Fsp3) is 0.727. The number of nitrogens with two attached hydrogens (primary N) is 1. The lowest BCUT2D eigenvalue weighted by molar-refractivity contribution is 0.157. The minimum absolute atomic E-state index is 0.103. The van der Waals surface area contributed by atoms with Crippen LogP contribution in [0, 0.1) is 17.8 Å². The molecule has 2 saturated carbocycles. The smallest absolute Gasteiger partial charge is 0.154 e. The largest absolute Gasteiger partial charge is 0.328 e. The molecule has 2 aliphatic carbocycles. The first-order chi connectivity index (χ1) is 12.1. The molecule has 0 aliphatic heterocycles. The standard InChI is InChI=1S/C22H35F2N/c1-2-3-4-5-20(22(24)16-23)11-8-17-6-9-18(10-7-17)19-12-14-21(25)15-13-19/h2-3,5,16-19,21H,4,6-15,25H2,1H3/b3-2+,20-5-,22-16-. The normalized spacial score (nSPS) is 32.3. The second-order valence-electron chi connectivity index (χ2n) is 7.99. The van der Waals surface area contributed by atoms with E-state index in [0.717, 1.165) is 18.3 Å². The molecule has 2 fully saturated rings. The van der Waals surface area contributed by atoms with Crippen LogP contribution in [0.2, 0.25) is 0 Å². The summed E-state index contributed by atoms with van der Waals surface area (Å²) in [5, 5.41) is 0. The summed E-state index contributed by atoms with van der Waals surface area (Å²) in [5.41, 5.74) is 6.56. The third kappa shape index (κ3) is 6.69. The minimum Gasteiger partial charge on any atom is -0.328 e. The summed E-state index contributed by atoms with van der Waals surface area (Å²) < 4.78 is 26.3. The van der Waals surface area contributed by atoms with Gasteiger partial charge in [-0.15, -0.1) is 0 Å². The molecule has 0 atom stereocenters. The Morgan fingerprint density at radius 3 is 2.16 bits per heavy atom. The Morgan fingerprint density at radius 1 is 1.00 bits per heavy atom. The van der Waals surface area contributed by atoms with Gasteiger partial charge in [0.15, 0.2) is 5.83 Å². The number of halogens is 2. The molecule has 0 aromatic heterocycles. The Hall–Kier alpha value is -0.960. The highest BCUT2D eigenvalue weighted by atomic mass is 19.2. The molecule has 2 aliphatic rings. The molecule has 0 bridgehead atoms. The van der Waals surface area contributed by atoms with Gasteiger partial charge in [0.25, 0.3) is 0 Å². The molecule has 142 valence electrons. The number of rotatable bonds is 7. The van der Waals surface area contributed by atoms with E-state index in [0.29, 0.717) is 30.4 Å². The van der Waals surface area contributed by atoms with Gasteiger partial charge < -0.3 is 5.73 Å². The molecule has 0 aromatic rings. The van der Waals surface area contributed by atoms with Crippen LogP contribution in [0.5, 0.6) is 0 Å². The van der Waals surface area contributed by atoms with Crippen LogP contribution in [0.15, 0.2) is 36.0 Å². The molecule has 0 amide bonds. The van der Waals surface area contributed by atoms with Crippen molar-refractivity contribution in [1.82, 2.24) is 0 Å². The summed E-state index contributed by atoms with van der Waals surface area (Å²) in [6.45, 7) is 1.94. The second-order valence-corrected chi connectivity index (χ2v) is 7.99. The SMILES string of the molecule is C/C=C/C/C=C(CCC1CCC(C2CCC(N)CC2)CC1)\C(F)=C\F. The average molecular weight is 352 g/mol. The van der Waals surface area contributed by atoms with Crippen LogP contribution >= 0.6 is 0 Å². The summed E-state index contributed by atoms with van der Waals surface area (Å²) in [6.07, 6.45) is 18.2. The first-order valence-corrected chi connectivity index (χ1v) is 10.2. The van der Waals surface area contributed by atoms with E-state index >= 15 is 0 Å². The molecule has 1 nitrogen and oxygen atoms in total. The molecular weight excluding hydrogens is 316 g/mol. The second kappa shape index (κ2) is 10.9. The molecule has 2 N–H and O–H groups in total. The quantitative estimate of drug-likeness (QED) is 0.398. The monoisotopic (exact) mass is 351 g/mol. The van der Waals surface area contributed by atoms with E-state index in [4.69, 9.17) is 5.73 Å². The molecule has 0 aromatic carbocycles. The van der Waals surface area contributed by atoms with Gasteiger partial charge in [-0.05, 0) is 88.0 Å². The number of allylic oxidation sites excluding steroid dienone is 5. The van der Waals surface area contributed by atoms with Crippen LogP contribution in [0.4, 0.5) is 8.78 Å². The van der Waals surface area contributed by atoms with E-state index in [1.807, 2.05) is 25.2 Å². The van der Waals surface area contributed by atoms with Crippen molar-refractivity contribution < 1.29 is 8.78 Å². The molecule has 0 spiro atoms. The Morgan fingerprint density at radius 2 is 1.60 bits per heavy atom. The Labute approximate surface area is 152 Å². The Balaban J connectivity index is 1.75. The van der Waals surface area contributed by atoms with Gasteiger partial charge in [0.2, 0.25) is 0 Å². The maximum Gasteiger partial charge on any atom is 0.154 e. The van der Waals surface area contributed by atoms with Crippen molar-refractivity contribution in [2.45, 2.75) is 83.6 Å². The Kier molecular flexibility index (Phi) is 8.88. The first kappa shape index (κ1) is 20.4. The van der Waals surface area contributed by atoms with E-state index < -0.39 is 5.83 Å². The van der Waals surface area contributed by atoms with Crippen LogP contribution in [0.1, 0.15) is 77.6 Å². The van der Waals surface area contributed by atoms with Crippen molar-refractivity contribution >= 4 is 0 Å². The fourth-order valence-corrected chi connectivity index (χ4v) is 4.66. The summed E-state index contributed by atoms with van der Waals surface area (Å²) in [5.74, 6) is 1.72. The molecule has 2 rings (SSSR count). The first-order valence-electron chi connectivity index (χ1n) is 10.2. The highest BCUT2D eigenvalue weighted by Gasteiger charge is 2.30. The van der Waals surface area contributed by atoms with Crippen molar-refractivity contribution in [2.75, 3.05) is 0 Å². The van der Waals surface area contributed by atoms with Gasteiger partial charge in [-0.1, -0.05) is 31.1 Å². The third-order valence-electron chi connectivity index (χ3n) is 6.34. The van der Waals surface area contributed by atoms with Crippen LogP contribution in [0.3, 0.4) is 0 Å². The molecule has 0 heterocycles. The maximum absolute atomic E-state index is 13.7. The number of hydrogen-bond donors (Lipinski definition) is 1. The van der Waals surface area contributed by atoms with Gasteiger partial charge in [-0.25, -0.2) is 8.78 Å². The molecule has 25 heavy (non-hydrogen) atoms. The highest BCUT2D eigenvalue weighted by molar-refractivity contribution is 5.24. The third-order valence-corrected chi connectivity index (χ3v) is 6.34. The zero-order valence-electron chi connectivity index (χ0n) is 15.7. The van der Waals surface area contributed by atoms with E-state index in [1.165, 1.54) is 51.4 Å². The van der Waals surface area contributed by atoms with Crippen molar-refractivity contribution in [2.24, 2.45) is 23.5 Å². The van der Waals surface area contributed by atoms with Crippen LogP contribution in [-0.4, -0.2) is 6.04 Å². The summed E-state index contributed by atoms with van der Waals surface area (Å²) in [4.78, 5) is 0. The fourth-order valence-electron chi connectivity index (χ4n) is 4.66. The van der Waals surface area contributed by atoms with Crippen LogP contribution in [0.25, 0.3) is 0 Å². The van der Waals surface area contributed by atoms with Gasteiger partial charge >= 0.3 is 0 Å². The lowest BCUT2D eigenvalue weighted by Crippen LogP contribution is -2.31. The van der Waals surface area contributed by atoms with Crippen LogP contribution < -0.4 is 5.73 Å². The predicted octanol–water partition coefficient (Wildman–Crippen LogP) is 6.76. The summed E-state index contributed by atoms with van der Waals surface area (Å²) in [6, 6.07) is 0.429. The lowest BCUT2D eigenvalue weighted by atomic mass is 9.69. The van der Waals surface area contributed by atoms with E-state index in [1.54, 1.807) is 0 Å². The molecule has 0 unspecified atom stereocenters. The number of hydrogen-bond acceptors (Lipinski definition) is 1. The van der Waals surface area contributed by atoms with E-state index in [-0.39, 0.29) is 6.33 Å². The Bertz CT molecular complexity index is 464. The predicted molar refractivity (Wildman–Crippen MR) is 102 cm³/mol. The zero-order chi connectivity index (χ0) is 18.1. The minimum atomic E-state index is -0.697. The molecule has 0 radical (unpaired) electrons. The topological polar surface area (TPSA) is 26.0 Å². The highest BCUT2D eigenvalue weighted by Crippen LogP contribution is 2.41. The maximum atomic E-state index is 13.7. The summed E-state index contributed by atoms with van der Waals surface area (Å²) in [7, 11) is 0. The van der Waals surface area contributed by atoms with Crippen LogP contribution in [-0.2, 0) is 0 Å². The van der Waals surface area contributed by atoms with Gasteiger partial charge in [0.1, 0.15) is 6.33 Å². The van der Waals surface area contributed by atoms with Crippen molar-refractivity contribution in [3.63, 3.8) is 0 Å².